The normalized spacial score (nSPS) is 23.2. The van der Waals surface area contributed by atoms with Crippen LogP contribution in [0.1, 0.15) is 24.3 Å². The standard InChI is InChI=1S/C19H21N5O/c25-17-10-20-8-15(17)23-18-3-1-2-14(22-18)16-9-21-19-7-6-13(11-24(16)19)12-4-5-12/h1-3,6-7,9,11-12,15,17,20,25H,4-5,8,10H2,(H,22,23)/t15-,17-/m0/s1. The van der Waals surface area contributed by atoms with Crippen LogP contribution in [-0.4, -0.2) is 44.7 Å². The van der Waals surface area contributed by atoms with Crippen LogP contribution >= 0.6 is 0 Å². The number of rotatable bonds is 4. The number of anilines is 1. The second-order valence-electron chi connectivity index (χ2n) is 6.99. The van der Waals surface area contributed by atoms with Crippen LogP contribution < -0.4 is 10.6 Å². The van der Waals surface area contributed by atoms with Gasteiger partial charge in [0.2, 0.25) is 0 Å². The first-order chi connectivity index (χ1) is 12.3. The fourth-order valence-electron chi connectivity index (χ4n) is 3.50. The number of aliphatic hydroxyl groups excluding tert-OH is 1. The number of hydrogen-bond donors (Lipinski definition) is 3. The predicted molar refractivity (Wildman–Crippen MR) is 96.7 cm³/mol. The van der Waals surface area contributed by atoms with Crippen LogP contribution in [0.4, 0.5) is 5.82 Å². The summed E-state index contributed by atoms with van der Waals surface area (Å²) >= 11 is 0. The summed E-state index contributed by atoms with van der Waals surface area (Å²) < 4.78 is 2.13. The van der Waals surface area contributed by atoms with Gasteiger partial charge in [-0.15, -0.1) is 0 Å². The Morgan fingerprint density at radius 2 is 2.08 bits per heavy atom. The molecular formula is C19H21N5O. The van der Waals surface area contributed by atoms with Crippen molar-refractivity contribution in [1.29, 1.82) is 0 Å². The summed E-state index contributed by atoms with van der Waals surface area (Å²) in [6.07, 6.45) is 6.25. The van der Waals surface area contributed by atoms with Gasteiger partial charge in [0.05, 0.1) is 29.7 Å². The lowest BCUT2D eigenvalue weighted by Gasteiger charge is -2.16. The maximum atomic E-state index is 9.97. The van der Waals surface area contributed by atoms with E-state index in [1.54, 1.807) is 0 Å². The van der Waals surface area contributed by atoms with E-state index in [9.17, 15) is 5.11 Å². The predicted octanol–water partition coefficient (Wildman–Crippen LogP) is 2.02. The smallest absolute Gasteiger partial charge is 0.137 e. The van der Waals surface area contributed by atoms with Crippen LogP contribution in [0, 0.1) is 0 Å². The molecule has 1 saturated carbocycles. The molecule has 2 atom stereocenters. The third-order valence-corrected chi connectivity index (χ3v) is 5.10. The zero-order valence-corrected chi connectivity index (χ0v) is 13.9. The number of fused-ring (bicyclic) bond motifs is 1. The first-order valence-corrected chi connectivity index (χ1v) is 8.88. The number of nitrogens with one attached hydrogen (secondary N) is 2. The molecule has 5 rings (SSSR count). The Labute approximate surface area is 145 Å². The van der Waals surface area contributed by atoms with E-state index in [2.05, 4.69) is 38.3 Å². The van der Waals surface area contributed by atoms with E-state index < -0.39 is 0 Å². The number of β-amino-alcohol motifs (C(OH)–C–C–N with tert-alkyl or cyclic N) is 1. The van der Waals surface area contributed by atoms with Gasteiger partial charge in [-0.3, -0.25) is 4.40 Å². The fourth-order valence-corrected chi connectivity index (χ4v) is 3.50. The molecule has 0 spiro atoms. The molecule has 0 radical (unpaired) electrons. The van der Waals surface area contributed by atoms with Crippen LogP contribution in [0.3, 0.4) is 0 Å². The first kappa shape index (κ1) is 14.9. The van der Waals surface area contributed by atoms with Gasteiger partial charge in [0.15, 0.2) is 0 Å². The minimum Gasteiger partial charge on any atom is -0.390 e. The number of hydrogen-bond acceptors (Lipinski definition) is 5. The molecule has 2 aliphatic rings. The summed E-state index contributed by atoms with van der Waals surface area (Å²) in [5, 5.41) is 16.5. The van der Waals surface area contributed by atoms with Gasteiger partial charge in [-0.1, -0.05) is 12.1 Å². The van der Waals surface area contributed by atoms with E-state index >= 15 is 0 Å². The summed E-state index contributed by atoms with van der Waals surface area (Å²) in [6, 6.07) is 10.2. The molecule has 3 aromatic rings. The third kappa shape index (κ3) is 2.77. The molecule has 6 nitrogen and oxygen atoms in total. The molecule has 4 heterocycles. The second-order valence-corrected chi connectivity index (χ2v) is 6.99. The Morgan fingerprint density at radius 1 is 1.16 bits per heavy atom. The summed E-state index contributed by atoms with van der Waals surface area (Å²) in [5.74, 6) is 1.48. The zero-order chi connectivity index (χ0) is 16.8. The summed E-state index contributed by atoms with van der Waals surface area (Å²) in [7, 11) is 0. The van der Waals surface area contributed by atoms with Gasteiger partial charge in [0.25, 0.3) is 0 Å². The summed E-state index contributed by atoms with van der Waals surface area (Å²) in [6.45, 7) is 1.36. The van der Waals surface area contributed by atoms with Crippen molar-refractivity contribution in [3.63, 3.8) is 0 Å². The third-order valence-electron chi connectivity index (χ3n) is 5.10. The molecule has 128 valence electrons. The van der Waals surface area contributed by atoms with Crippen LogP contribution in [0.5, 0.6) is 0 Å². The van der Waals surface area contributed by atoms with Crippen molar-refractivity contribution in [3.05, 3.63) is 48.3 Å². The largest absolute Gasteiger partial charge is 0.390 e. The lowest BCUT2D eigenvalue weighted by Crippen LogP contribution is -2.32. The molecule has 0 unspecified atom stereocenters. The van der Waals surface area contributed by atoms with Crippen molar-refractivity contribution < 1.29 is 5.11 Å². The van der Waals surface area contributed by atoms with Gasteiger partial charge in [-0.25, -0.2) is 9.97 Å². The lowest BCUT2D eigenvalue weighted by molar-refractivity contribution is 0.185. The minimum atomic E-state index is -0.387. The van der Waals surface area contributed by atoms with Crippen molar-refractivity contribution in [2.24, 2.45) is 0 Å². The highest BCUT2D eigenvalue weighted by Crippen LogP contribution is 2.40. The van der Waals surface area contributed by atoms with Gasteiger partial charge in [-0.05, 0) is 42.5 Å². The lowest BCUT2D eigenvalue weighted by atomic mass is 10.2. The number of nitrogens with zero attached hydrogens (tertiary/aromatic N) is 3. The highest BCUT2D eigenvalue weighted by atomic mass is 16.3. The van der Waals surface area contributed by atoms with E-state index in [0.717, 1.165) is 29.4 Å². The Morgan fingerprint density at radius 3 is 2.88 bits per heavy atom. The topological polar surface area (TPSA) is 74.5 Å². The molecule has 3 N–H and O–H groups in total. The molecule has 0 bridgehead atoms. The summed E-state index contributed by atoms with van der Waals surface area (Å²) in [4.78, 5) is 9.26. The number of aliphatic hydroxyl groups is 1. The molecule has 0 amide bonds. The average molecular weight is 335 g/mol. The Hall–Kier alpha value is -2.44. The van der Waals surface area contributed by atoms with Crippen LogP contribution in [0.25, 0.3) is 17.0 Å². The average Bonchev–Trinajstić information content (AvgIpc) is 3.28. The highest BCUT2D eigenvalue weighted by molar-refractivity contribution is 5.62. The van der Waals surface area contributed by atoms with Gasteiger partial charge in [-0.2, -0.15) is 0 Å². The van der Waals surface area contributed by atoms with Crippen molar-refractivity contribution in [3.8, 4) is 11.4 Å². The fraction of sp³-hybridized carbons (Fsp3) is 0.368. The summed E-state index contributed by atoms with van der Waals surface area (Å²) in [5.41, 5.74) is 4.19. The Bertz CT molecular complexity index is 917. The minimum absolute atomic E-state index is 0.00796. The zero-order valence-electron chi connectivity index (χ0n) is 13.9. The maximum absolute atomic E-state index is 9.97. The van der Waals surface area contributed by atoms with Crippen LogP contribution in [0.2, 0.25) is 0 Å². The first-order valence-electron chi connectivity index (χ1n) is 8.88. The Balaban J connectivity index is 1.49. The molecule has 25 heavy (non-hydrogen) atoms. The van der Waals surface area contributed by atoms with Gasteiger partial charge >= 0.3 is 0 Å². The van der Waals surface area contributed by atoms with Gasteiger partial charge < -0.3 is 15.7 Å². The number of aromatic nitrogens is 3. The van der Waals surface area contributed by atoms with Crippen molar-refractivity contribution in [1.82, 2.24) is 19.7 Å². The molecule has 3 aromatic heterocycles. The SMILES string of the molecule is O[C@H]1CNC[C@@H]1Nc1cccc(-c2cnc3ccc(C4CC4)cn23)n1. The van der Waals surface area contributed by atoms with E-state index in [-0.39, 0.29) is 12.1 Å². The number of pyridine rings is 2. The maximum Gasteiger partial charge on any atom is 0.137 e. The van der Waals surface area contributed by atoms with Gasteiger partial charge in [0, 0.05) is 19.3 Å². The van der Waals surface area contributed by atoms with Crippen molar-refractivity contribution in [2.75, 3.05) is 18.4 Å². The van der Waals surface area contributed by atoms with E-state index in [4.69, 9.17) is 4.98 Å². The molecule has 2 fully saturated rings. The second kappa shape index (κ2) is 5.82. The molecule has 6 heteroatoms. The van der Waals surface area contributed by atoms with Crippen LogP contribution in [0.15, 0.2) is 42.7 Å². The van der Waals surface area contributed by atoms with E-state index in [0.29, 0.717) is 12.5 Å². The molecular weight excluding hydrogens is 314 g/mol. The van der Waals surface area contributed by atoms with Crippen molar-refractivity contribution >= 4 is 11.5 Å². The quantitative estimate of drug-likeness (QED) is 0.680. The van der Waals surface area contributed by atoms with Gasteiger partial charge in [0.1, 0.15) is 11.5 Å². The van der Waals surface area contributed by atoms with Crippen LogP contribution in [-0.2, 0) is 0 Å². The Kier molecular flexibility index (Phi) is 3.46. The monoisotopic (exact) mass is 335 g/mol. The molecule has 1 aliphatic heterocycles. The number of imidazole rings is 1. The van der Waals surface area contributed by atoms with E-state index in [1.807, 2.05) is 24.4 Å². The highest BCUT2D eigenvalue weighted by Gasteiger charge is 2.25. The molecule has 0 aromatic carbocycles. The molecule has 1 aliphatic carbocycles. The van der Waals surface area contributed by atoms with Crippen molar-refractivity contribution in [2.45, 2.75) is 30.9 Å². The molecule has 1 saturated heterocycles. The van der Waals surface area contributed by atoms with E-state index in [1.165, 1.54) is 18.4 Å².